The molecule has 10 aromatic carbocycles. The first-order valence-corrected chi connectivity index (χ1v) is 22.6. The average Bonchev–Trinajstić information content (AvgIpc) is 3.83. The van der Waals surface area contributed by atoms with E-state index in [9.17, 15) is 0 Å². The van der Waals surface area contributed by atoms with Crippen LogP contribution in [0.1, 0.15) is 25.0 Å². The van der Waals surface area contributed by atoms with Crippen LogP contribution < -0.4 is 4.90 Å². The van der Waals surface area contributed by atoms with Crippen LogP contribution in [0, 0.1) is 0 Å². The van der Waals surface area contributed by atoms with Crippen LogP contribution in [0.15, 0.2) is 243 Å². The summed E-state index contributed by atoms with van der Waals surface area (Å²) in [5.41, 5.74) is 21.6. The first-order chi connectivity index (χ1) is 32.0. The zero-order valence-corrected chi connectivity index (χ0v) is 36.5. The van der Waals surface area contributed by atoms with Crippen LogP contribution in [0.5, 0.6) is 0 Å². The highest BCUT2D eigenvalue weighted by Crippen LogP contribution is 2.54. The summed E-state index contributed by atoms with van der Waals surface area (Å²) in [6.45, 7) is 4.78. The topological polar surface area (TPSA) is 8.17 Å². The molecule has 0 saturated carbocycles. The Kier molecular flexibility index (Phi) is 9.21. The lowest BCUT2D eigenvalue weighted by Crippen LogP contribution is -2.15. The predicted molar refractivity (Wildman–Crippen MR) is 275 cm³/mol. The standard InChI is InChI=1S/C63H46N2/c1-63(2)57-28-13-9-27-55(57)62-56(54-26-12-16-31-61(54)65-59-29-14-10-24-52(59)53-25-11-15-30-60(53)65)41-48(42-58(62)63)47-22-17-23-51(40-47)64(49-36-32-45(33-37-49)43-18-5-3-6-19-43)50-38-34-46(35-39-50)44-20-7-4-8-21-44/h3-42H,1-2H3. The van der Waals surface area contributed by atoms with Crippen molar-refractivity contribution >= 4 is 38.9 Å². The van der Waals surface area contributed by atoms with E-state index in [1.807, 2.05) is 0 Å². The van der Waals surface area contributed by atoms with Gasteiger partial charge in [-0.25, -0.2) is 0 Å². The smallest absolute Gasteiger partial charge is 0.0541 e. The van der Waals surface area contributed by atoms with Crippen LogP contribution in [0.2, 0.25) is 0 Å². The molecule has 1 aliphatic rings. The molecule has 0 spiro atoms. The van der Waals surface area contributed by atoms with Crippen LogP contribution in [-0.4, -0.2) is 4.57 Å². The van der Waals surface area contributed by atoms with Crippen molar-refractivity contribution in [2.75, 3.05) is 4.90 Å². The van der Waals surface area contributed by atoms with Crippen molar-refractivity contribution in [3.8, 4) is 61.3 Å². The molecule has 0 saturated heterocycles. The van der Waals surface area contributed by atoms with Crippen molar-refractivity contribution in [3.63, 3.8) is 0 Å². The summed E-state index contributed by atoms with van der Waals surface area (Å²) in [4.78, 5) is 2.39. The van der Waals surface area contributed by atoms with Crippen LogP contribution >= 0.6 is 0 Å². The molecule has 1 aliphatic carbocycles. The molecule has 0 bridgehead atoms. The molecule has 0 fully saturated rings. The zero-order valence-electron chi connectivity index (χ0n) is 36.5. The molecule has 12 rings (SSSR count). The first-order valence-electron chi connectivity index (χ1n) is 22.6. The third-order valence-corrected chi connectivity index (χ3v) is 13.6. The number of aromatic nitrogens is 1. The Balaban J connectivity index is 1.05. The van der Waals surface area contributed by atoms with Crippen molar-refractivity contribution in [3.05, 3.63) is 254 Å². The largest absolute Gasteiger partial charge is 0.310 e. The van der Waals surface area contributed by atoms with E-state index in [-0.39, 0.29) is 5.41 Å². The number of nitrogens with zero attached hydrogens (tertiary/aromatic N) is 2. The Morgan fingerprint density at radius 1 is 0.323 bits per heavy atom. The quantitative estimate of drug-likeness (QED) is 0.148. The Hall–Kier alpha value is -8.20. The van der Waals surface area contributed by atoms with Crippen LogP contribution in [-0.2, 0) is 5.41 Å². The van der Waals surface area contributed by atoms with E-state index in [1.54, 1.807) is 0 Å². The Bertz CT molecular complexity index is 3410. The Morgan fingerprint density at radius 2 is 0.815 bits per heavy atom. The third kappa shape index (κ3) is 6.49. The van der Waals surface area contributed by atoms with E-state index < -0.39 is 0 Å². The Morgan fingerprint density at radius 3 is 1.43 bits per heavy atom. The lowest BCUT2D eigenvalue weighted by Gasteiger charge is -2.27. The minimum atomic E-state index is -0.205. The van der Waals surface area contributed by atoms with Crippen molar-refractivity contribution in [2.45, 2.75) is 19.3 Å². The molecule has 0 aliphatic heterocycles. The minimum Gasteiger partial charge on any atom is -0.310 e. The Labute approximate surface area is 381 Å². The number of rotatable bonds is 8. The third-order valence-electron chi connectivity index (χ3n) is 13.6. The summed E-state index contributed by atoms with van der Waals surface area (Å²) in [5, 5.41) is 2.52. The number of fused-ring (bicyclic) bond motifs is 6. The number of hydrogen-bond acceptors (Lipinski definition) is 1. The normalized spacial score (nSPS) is 12.6. The summed E-state index contributed by atoms with van der Waals surface area (Å²) in [6.07, 6.45) is 0. The van der Waals surface area contributed by atoms with Gasteiger partial charge in [-0.2, -0.15) is 0 Å². The van der Waals surface area contributed by atoms with Gasteiger partial charge in [0.2, 0.25) is 0 Å². The maximum Gasteiger partial charge on any atom is 0.0541 e. The van der Waals surface area contributed by atoms with Gasteiger partial charge in [-0.3, -0.25) is 0 Å². The van der Waals surface area contributed by atoms with E-state index in [4.69, 9.17) is 0 Å². The summed E-state index contributed by atoms with van der Waals surface area (Å²) >= 11 is 0. The molecule has 2 nitrogen and oxygen atoms in total. The van der Waals surface area contributed by atoms with Gasteiger partial charge in [0, 0.05) is 38.8 Å². The molecule has 0 radical (unpaired) electrons. The van der Waals surface area contributed by atoms with Crippen molar-refractivity contribution in [1.82, 2.24) is 4.57 Å². The van der Waals surface area contributed by atoms with Crippen molar-refractivity contribution in [2.24, 2.45) is 0 Å². The van der Waals surface area contributed by atoms with E-state index in [0.29, 0.717) is 0 Å². The number of para-hydroxylation sites is 3. The lowest BCUT2D eigenvalue weighted by atomic mass is 9.80. The fraction of sp³-hybridized carbons (Fsp3) is 0.0476. The van der Waals surface area contributed by atoms with E-state index in [2.05, 4.69) is 266 Å². The zero-order chi connectivity index (χ0) is 43.5. The SMILES string of the molecule is CC1(C)c2ccccc2-c2c(-c3ccccc3-n3c4ccccc4c4ccccc43)cc(-c3cccc(N(c4ccc(-c5ccccc5)cc4)c4ccc(-c5ccccc5)cc4)c3)cc21. The van der Waals surface area contributed by atoms with Crippen LogP contribution in [0.3, 0.4) is 0 Å². The maximum atomic E-state index is 2.47. The van der Waals surface area contributed by atoms with Gasteiger partial charge in [0.25, 0.3) is 0 Å². The highest BCUT2D eigenvalue weighted by Gasteiger charge is 2.38. The molecule has 0 unspecified atom stereocenters. The highest BCUT2D eigenvalue weighted by atomic mass is 15.1. The van der Waals surface area contributed by atoms with Crippen molar-refractivity contribution < 1.29 is 0 Å². The number of hydrogen-bond donors (Lipinski definition) is 0. The molecular formula is C63H46N2. The molecular weight excluding hydrogens is 785 g/mol. The molecule has 11 aromatic rings. The molecule has 1 heterocycles. The predicted octanol–water partition coefficient (Wildman–Crippen LogP) is 17.2. The highest BCUT2D eigenvalue weighted by molar-refractivity contribution is 6.10. The first kappa shape index (κ1) is 38.5. The molecule has 2 heteroatoms. The fourth-order valence-corrected chi connectivity index (χ4v) is 10.4. The van der Waals surface area contributed by atoms with E-state index in [1.165, 1.54) is 94.3 Å². The fourth-order valence-electron chi connectivity index (χ4n) is 10.4. The molecule has 0 atom stereocenters. The maximum absolute atomic E-state index is 2.47. The summed E-state index contributed by atoms with van der Waals surface area (Å²) in [7, 11) is 0. The number of benzene rings is 10. The second kappa shape index (κ2) is 15.6. The number of anilines is 3. The monoisotopic (exact) mass is 830 g/mol. The van der Waals surface area contributed by atoms with Gasteiger partial charge in [-0.1, -0.05) is 190 Å². The van der Waals surface area contributed by atoms with Gasteiger partial charge >= 0.3 is 0 Å². The molecule has 1 aromatic heterocycles. The molecule has 308 valence electrons. The average molecular weight is 831 g/mol. The summed E-state index contributed by atoms with van der Waals surface area (Å²) < 4.78 is 2.47. The van der Waals surface area contributed by atoms with E-state index >= 15 is 0 Å². The van der Waals surface area contributed by atoms with Gasteiger partial charge in [0.05, 0.1) is 16.7 Å². The van der Waals surface area contributed by atoms with Gasteiger partial charge in [-0.05, 0) is 128 Å². The van der Waals surface area contributed by atoms with Gasteiger partial charge in [-0.15, -0.1) is 0 Å². The minimum absolute atomic E-state index is 0.205. The summed E-state index contributed by atoms with van der Waals surface area (Å²) in [6, 6.07) is 88.8. The van der Waals surface area contributed by atoms with Gasteiger partial charge in [0.15, 0.2) is 0 Å². The molecule has 65 heavy (non-hydrogen) atoms. The summed E-state index contributed by atoms with van der Waals surface area (Å²) in [5.74, 6) is 0. The molecule has 0 N–H and O–H groups in total. The second-order valence-electron chi connectivity index (χ2n) is 17.7. The van der Waals surface area contributed by atoms with Gasteiger partial charge < -0.3 is 9.47 Å². The van der Waals surface area contributed by atoms with Crippen LogP contribution in [0.25, 0.3) is 83.1 Å². The second-order valence-corrected chi connectivity index (χ2v) is 17.7. The van der Waals surface area contributed by atoms with Crippen molar-refractivity contribution in [1.29, 1.82) is 0 Å². The lowest BCUT2D eigenvalue weighted by molar-refractivity contribution is 0.660. The van der Waals surface area contributed by atoms with Crippen LogP contribution in [0.4, 0.5) is 17.1 Å². The van der Waals surface area contributed by atoms with E-state index in [0.717, 1.165) is 17.1 Å². The van der Waals surface area contributed by atoms with Gasteiger partial charge in [0.1, 0.15) is 0 Å². The molecule has 0 amide bonds.